The summed E-state index contributed by atoms with van der Waals surface area (Å²) in [5.74, 6) is 0.409. The van der Waals surface area contributed by atoms with Crippen LogP contribution in [0.4, 0.5) is 0 Å². The quantitative estimate of drug-likeness (QED) is 0.540. The Morgan fingerprint density at radius 3 is 2.48 bits per heavy atom. The third-order valence-corrected chi connectivity index (χ3v) is 5.61. The third kappa shape index (κ3) is 4.20. The fourth-order valence-corrected chi connectivity index (χ4v) is 4.58. The third-order valence-electron chi connectivity index (χ3n) is 5.61. The summed E-state index contributed by atoms with van der Waals surface area (Å²) in [4.78, 5) is 0. The largest absolute Gasteiger partial charge is 0.393 e. The van der Waals surface area contributed by atoms with Crippen LogP contribution in [0, 0.1) is 5.92 Å². The molecule has 0 radical (unpaired) electrons. The number of unbranched alkanes of at least 4 members (excludes halogenated alkanes) is 1. The molecule has 2 heteroatoms. The minimum Gasteiger partial charge on any atom is -0.393 e. The van der Waals surface area contributed by atoms with Crippen molar-refractivity contribution in [3.63, 3.8) is 0 Å². The number of nitrogens with one attached hydrogen (secondary N) is 1. The molecule has 1 saturated carbocycles. The molecule has 2 N–H and O–H groups in total. The van der Waals surface area contributed by atoms with Gasteiger partial charge in [-0.25, -0.2) is 0 Å². The van der Waals surface area contributed by atoms with Crippen LogP contribution in [0.5, 0.6) is 0 Å². The first-order chi connectivity index (χ1) is 10.2. The minimum atomic E-state index is -0.127. The number of hydrogen-bond acceptors (Lipinski definition) is 2. The summed E-state index contributed by atoms with van der Waals surface area (Å²) in [7, 11) is 0. The number of rotatable bonds is 7. The van der Waals surface area contributed by atoms with Crippen LogP contribution in [0.15, 0.2) is 25.3 Å². The second kappa shape index (κ2) is 8.14. The Bertz CT molecular complexity index is 336. The summed E-state index contributed by atoms with van der Waals surface area (Å²) in [6.45, 7) is 7.68. The number of allylic oxidation sites excluding steroid dienone is 2. The van der Waals surface area contributed by atoms with Gasteiger partial charge in [-0.3, -0.25) is 0 Å². The molecule has 2 rings (SSSR count). The van der Waals surface area contributed by atoms with Crippen LogP contribution in [0.25, 0.3) is 0 Å². The van der Waals surface area contributed by atoms with E-state index in [1.165, 1.54) is 38.5 Å². The zero-order valence-corrected chi connectivity index (χ0v) is 13.5. The number of hydrogen-bond donors (Lipinski definition) is 2. The van der Waals surface area contributed by atoms with Crippen LogP contribution in [-0.4, -0.2) is 22.8 Å². The van der Waals surface area contributed by atoms with E-state index < -0.39 is 0 Å². The maximum Gasteiger partial charge on any atom is 0.0586 e. The van der Waals surface area contributed by atoms with Gasteiger partial charge in [0.05, 0.1) is 6.10 Å². The van der Waals surface area contributed by atoms with Crippen molar-refractivity contribution in [2.45, 2.75) is 88.3 Å². The van der Waals surface area contributed by atoms with E-state index in [2.05, 4.69) is 18.5 Å². The first-order valence-corrected chi connectivity index (χ1v) is 8.89. The monoisotopic (exact) mass is 291 g/mol. The van der Waals surface area contributed by atoms with E-state index in [0.717, 1.165) is 32.1 Å². The molecular formula is C19H33NO. The predicted molar refractivity (Wildman–Crippen MR) is 90.3 cm³/mol. The normalized spacial score (nSPS) is 36.5. The molecule has 3 unspecified atom stereocenters. The van der Waals surface area contributed by atoms with Gasteiger partial charge < -0.3 is 10.4 Å². The van der Waals surface area contributed by atoms with Crippen LogP contribution in [0.2, 0.25) is 0 Å². The van der Waals surface area contributed by atoms with E-state index in [1.807, 2.05) is 12.2 Å². The van der Waals surface area contributed by atoms with Gasteiger partial charge in [0, 0.05) is 17.5 Å². The lowest BCUT2D eigenvalue weighted by Gasteiger charge is -2.52. The molecule has 1 saturated heterocycles. The van der Waals surface area contributed by atoms with Crippen molar-refractivity contribution in [2.75, 3.05) is 0 Å². The molecule has 2 nitrogen and oxygen atoms in total. The highest BCUT2D eigenvalue weighted by Crippen LogP contribution is 2.43. The van der Waals surface area contributed by atoms with Gasteiger partial charge in [-0.15, -0.1) is 13.2 Å². The molecule has 0 aromatic carbocycles. The lowest BCUT2D eigenvalue weighted by molar-refractivity contribution is -0.0243. The molecule has 21 heavy (non-hydrogen) atoms. The molecule has 2 fully saturated rings. The predicted octanol–water partition coefficient (Wildman–Crippen LogP) is 4.35. The summed E-state index contributed by atoms with van der Waals surface area (Å²) >= 11 is 0. The summed E-state index contributed by atoms with van der Waals surface area (Å²) in [6.07, 6.45) is 16.8. The van der Waals surface area contributed by atoms with Gasteiger partial charge in [0.1, 0.15) is 0 Å². The smallest absolute Gasteiger partial charge is 0.0586 e. The molecule has 2 aliphatic rings. The number of aliphatic hydroxyl groups is 1. The lowest BCUT2D eigenvalue weighted by Crippen LogP contribution is -2.62. The SMILES string of the molecule is C=CCCCC1CCCC2(CCC[C@@H](O)C2CCC=C)N1. The Morgan fingerprint density at radius 2 is 1.76 bits per heavy atom. The summed E-state index contributed by atoms with van der Waals surface area (Å²) in [6, 6.07) is 0.634. The fraction of sp³-hybridized carbons (Fsp3) is 0.789. The van der Waals surface area contributed by atoms with Gasteiger partial charge in [0.2, 0.25) is 0 Å². The maximum atomic E-state index is 10.5. The highest BCUT2D eigenvalue weighted by atomic mass is 16.3. The Kier molecular flexibility index (Phi) is 6.50. The molecular weight excluding hydrogens is 258 g/mol. The van der Waals surface area contributed by atoms with E-state index in [9.17, 15) is 5.11 Å². The maximum absolute atomic E-state index is 10.5. The second-order valence-electron chi connectivity index (χ2n) is 7.04. The van der Waals surface area contributed by atoms with Crippen molar-refractivity contribution in [2.24, 2.45) is 5.92 Å². The molecule has 1 heterocycles. The molecule has 0 aromatic heterocycles. The average Bonchev–Trinajstić information content (AvgIpc) is 2.47. The van der Waals surface area contributed by atoms with E-state index in [0.29, 0.717) is 12.0 Å². The van der Waals surface area contributed by atoms with Gasteiger partial charge >= 0.3 is 0 Å². The van der Waals surface area contributed by atoms with Gasteiger partial charge in [-0.2, -0.15) is 0 Å². The van der Waals surface area contributed by atoms with Gasteiger partial charge in [0.15, 0.2) is 0 Å². The van der Waals surface area contributed by atoms with E-state index in [1.54, 1.807) is 0 Å². The fourth-order valence-electron chi connectivity index (χ4n) is 4.58. The van der Waals surface area contributed by atoms with Gasteiger partial charge in [0.25, 0.3) is 0 Å². The van der Waals surface area contributed by atoms with E-state index >= 15 is 0 Å². The zero-order valence-electron chi connectivity index (χ0n) is 13.5. The van der Waals surface area contributed by atoms with E-state index in [4.69, 9.17) is 0 Å². The molecule has 1 aliphatic heterocycles. The van der Waals surface area contributed by atoms with Gasteiger partial charge in [-0.1, -0.05) is 18.6 Å². The second-order valence-corrected chi connectivity index (χ2v) is 7.04. The minimum absolute atomic E-state index is 0.127. The molecule has 0 aromatic rings. The number of piperidine rings is 1. The molecule has 0 bridgehead atoms. The van der Waals surface area contributed by atoms with Crippen molar-refractivity contribution in [1.82, 2.24) is 5.32 Å². The first-order valence-electron chi connectivity index (χ1n) is 8.89. The lowest BCUT2D eigenvalue weighted by atomic mass is 9.65. The van der Waals surface area contributed by atoms with Crippen LogP contribution < -0.4 is 5.32 Å². The Balaban J connectivity index is 2.01. The van der Waals surface area contributed by atoms with Crippen LogP contribution in [0.3, 0.4) is 0 Å². The molecule has 4 atom stereocenters. The van der Waals surface area contributed by atoms with Crippen molar-refractivity contribution in [3.8, 4) is 0 Å². The van der Waals surface area contributed by atoms with Crippen LogP contribution >= 0.6 is 0 Å². The average molecular weight is 291 g/mol. The van der Waals surface area contributed by atoms with Crippen molar-refractivity contribution >= 4 is 0 Å². The summed E-state index contributed by atoms with van der Waals surface area (Å²) in [5.41, 5.74) is 0.192. The number of aliphatic hydroxyl groups excluding tert-OH is 1. The topological polar surface area (TPSA) is 32.3 Å². The Hall–Kier alpha value is -0.600. The summed E-state index contributed by atoms with van der Waals surface area (Å²) in [5, 5.41) is 14.5. The molecule has 0 amide bonds. The van der Waals surface area contributed by atoms with Crippen molar-refractivity contribution in [1.29, 1.82) is 0 Å². The Morgan fingerprint density at radius 1 is 1.05 bits per heavy atom. The molecule has 1 spiro atoms. The first kappa shape index (κ1) is 16.8. The standard InChI is InChI=1S/C19H33NO/c1-3-5-7-10-16-11-8-14-19(20-16)15-9-13-18(21)17(19)12-6-4-2/h3-4,16-18,20-21H,1-2,5-15H2/t16?,17?,18-,19?/m1/s1. The summed E-state index contributed by atoms with van der Waals surface area (Å²) < 4.78 is 0. The highest BCUT2D eigenvalue weighted by molar-refractivity contribution is 5.04. The highest BCUT2D eigenvalue weighted by Gasteiger charge is 2.46. The van der Waals surface area contributed by atoms with Gasteiger partial charge in [-0.05, 0) is 64.2 Å². The zero-order chi connectivity index (χ0) is 15.1. The molecule has 1 aliphatic carbocycles. The van der Waals surface area contributed by atoms with Crippen LogP contribution in [0.1, 0.15) is 70.6 Å². The van der Waals surface area contributed by atoms with Crippen LogP contribution in [-0.2, 0) is 0 Å². The molecule has 120 valence electrons. The van der Waals surface area contributed by atoms with Crippen molar-refractivity contribution in [3.05, 3.63) is 25.3 Å². The van der Waals surface area contributed by atoms with Crippen molar-refractivity contribution < 1.29 is 5.11 Å². The van der Waals surface area contributed by atoms with E-state index in [-0.39, 0.29) is 11.6 Å². The Labute approximate surface area is 130 Å².